The van der Waals surface area contributed by atoms with E-state index < -0.39 is 5.97 Å². The summed E-state index contributed by atoms with van der Waals surface area (Å²) in [7, 11) is 3.04. The van der Waals surface area contributed by atoms with Crippen molar-refractivity contribution in [1.29, 1.82) is 0 Å². The van der Waals surface area contributed by atoms with Crippen LogP contribution >= 0.6 is 0 Å². The molecule has 0 saturated carbocycles. The van der Waals surface area contributed by atoms with Crippen molar-refractivity contribution >= 4 is 5.97 Å². The summed E-state index contributed by atoms with van der Waals surface area (Å²) < 4.78 is 15.8. The molecule has 0 atom stereocenters. The van der Waals surface area contributed by atoms with Crippen LogP contribution in [-0.2, 0) is 11.2 Å². The van der Waals surface area contributed by atoms with E-state index in [2.05, 4.69) is 0 Å². The van der Waals surface area contributed by atoms with Crippen molar-refractivity contribution in [2.24, 2.45) is 0 Å². The third-order valence-corrected chi connectivity index (χ3v) is 2.74. The van der Waals surface area contributed by atoms with Crippen LogP contribution in [0.1, 0.15) is 29.3 Å². The maximum Gasteiger partial charge on any atom is 0.335 e. The normalized spacial score (nSPS) is 10.3. The molecule has 5 heteroatoms. The highest BCUT2D eigenvalue weighted by Gasteiger charge is 2.15. The van der Waals surface area contributed by atoms with Crippen LogP contribution in [0.2, 0.25) is 0 Å². The molecule has 0 aliphatic rings. The summed E-state index contributed by atoms with van der Waals surface area (Å²) in [5.74, 6) is 0.0461. The van der Waals surface area contributed by atoms with Gasteiger partial charge < -0.3 is 19.3 Å². The molecule has 0 saturated heterocycles. The number of carbonyl (C=O) groups is 1. The number of ether oxygens (including phenoxy) is 3. The predicted molar refractivity (Wildman–Crippen MR) is 71.3 cm³/mol. The number of carboxylic acid groups (broad SMARTS) is 1. The summed E-state index contributed by atoms with van der Waals surface area (Å²) in [5, 5.41) is 9.08. The van der Waals surface area contributed by atoms with Crippen LogP contribution in [-0.4, -0.2) is 38.5 Å². The molecule has 1 aromatic carbocycles. The van der Waals surface area contributed by atoms with Gasteiger partial charge in [-0.25, -0.2) is 4.79 Å². The number of hydrogen-bond donors (Lipinski definition) is 1. The quantitative estimate of drug-likeness (QED) is 0.733. The van der Waals surface area contributed by atoms with Crippen LogP contribution < -0.4 is 9.47 Å². The Morgan fingerprint density at radius 3 is 2.53 bits per heavy atom. The molecular weight excluding hydrogens is 248 g/mol. The Balaban J connectivity index is 2.97. The highest BCUT2D eigenvalue weighted by molar-refractivity contribution is 5.89. The van der Waals surface area contributed by atoms with E-state index in [1.165, 1.54) is 13.2 Å². The summed E-state index contributed by atoms with van der Waals surface area (Å²) >= 11 is 0. The van der Waals surface area contributed by atoms with Crippen molar-refractivity contribution < 1.29 is 24.1 Å². The fourth-order valence-corrected chi connectivity index (χ4v) is 1.86. The molecule has 5 nitrogen and oxygen atoms in total. The average Bonchev–Trinajstić information content (AvgIpc) is 2.42. The molecule has 0 radical (unpaired) electrons. The zero-order valence-electron chi connectivity index (χ0n) is 11.6. The Labute approximate surface area is 113 Å². The van der Waals surface area contributed by atoms with Gasteiger partial charge in [0, 0.05) is 13.2 Å². The molecule has 0 aliphatic carbocycles. The first-order valence-corrected chi connectivity index (χ1v) is 6.20. The molecular formula is C14H20O5. The molecule has 106 valence electrons. The van der Waals surface area contributed by atoms with E-state index in [4.69, 9.17) is 19.3 Å². The number of carboxylic acids is 1. The van der Waals surface area contributed by atoms with Crippen LogP contribution in [0.5, 0.6) is 11.5 Å². The second-order valence-electron chi connectivity index (χ2n) is 3.98. The zero-order chi connectivity index (χ0) is 14.3. The van der Waals surface area contributed by atoms with E-state index >= 15 is 0 Å². The maximum absolute atomic E-state index is 11.1. The molecule has 0 fully saturated rings. The molecule has 19 heavy (non-hydrogen) atoms. The summed E-state index contributed by atoms with van der Waals surface area (Å²) in [6.07, 6.45) is 1.48. The minimum atomic E-state index is -0.980. The topological polar surface area (TPSA) is 65.0 Å². The number of methoxy groups -OCH3 is 2. The molecule has 0 amide bonds. The summed E-state index contributed by atoms with van der Waals surface area (Å²) in [4.78, 5) is 11.1. The van der Waals surface area contributed by atoms with Crippen LogP contribution in [0.4, 0.5) is 0 Å². The number of benzene rings is 1. The molecule has 0 aliphatic heterocycles. The molecule has 1 aromatic rings. The van der Waals surface area contributed by atoms with Crippen molar-refractivity contribution in [2.45, 2.75) is 19.8 Å². The van der Waals surface area contributed by atoms with Gasteiger partial charge in [0.05, 0.1) is 19.8 Å². The van der Waals surface area contributed by atoms with Crippen molar-refractivity contribution in [1.82, 2.24) is 0 Å². The van der Waals surface area contributed by atoms with Gasteiger partial charge in [-0.2, -0.15) is 0 Å². The van der Waals surface area contributed by atoms with Gasteiger partial charge in [-0.15, -0.1) is 0 Å². The van der Waals surface area contributed by atoms with Gasteiger partial charge >= 0.3 is 5.97 Å². The highest BCUT2D eigenvalue weighted by Crippen LogP contribution is 2.33. The summed E-state index contributed by atoms with van der Waals surface area (Å²) in [6.45, 7) is 3.25. The smallest absolute Gasteiger partial charge is 0.335 e. The summed E-state index contributed by atoms with van der Waals surface area (Å²) in [6, 6.07) is 3.09. The lowest BCUT2D eigenvalue weighted by Crippen LogP contribution is -2.04. The highest BCUT2D eigenvalue weighted by atomic mass is 16.5. The van der Waals surface area contributed by atoms with Crippen LogP contribution in [0.15, 0.2) is 12.1 Å². The molecule has 0 heterocycles. The average molecular weight is 268 g/mol. The van der Waals surface area contributed by atoms with Crippen LogP contribution in [0.3, 0.4) is 0 Å². The number of hydrogen-bond acceptors (Lipinski definition) is 4. The largest absolute Gasteiger partial charge is 0.493 e. The van der Waals surface area contributed by atoms with E-state index in [1.54, 1.807) is 13.2 Å². The van der Waals surface area contributed by atoms with Gasteiger partial charge in [-0.05, 0) is 37.5 Å². The second kappa shape index (κ2) is 7.63. The number of aryl methyl sites for hydroxylation is 1. The predicted octanol–water partition coefficient (Wildman–Crippen LogP) is 2.37. The SMILES string of the molecule is CCOCCCc1cc(C(=O)O)cc(OC)c1OC. The minimum absolute atomic E-state index is 0.198. The van der Waals surface area contributed by atoms with Crippen molar-refractivity contribution in [3.63, 3.8) is 0 Å². The molecule has 1 N–H and O–H groups in total. The van der Waals surface area contributed by atoms with Crippen molar-refractivity contribution in [3.05, 3.63) is 23.3 Å². The summed E-state index contributed by atoms with van der Waals surface area (Å²) in [5.41, 5.74) is 1.02. The Kier molecular flexibility index (Phi) is 6.15. The van der Waals surface area contributed by atoms with Gasteiger partial charge in [0.25, 0.3) is 0 Å². The van der Waals surface area contributed by atoms with Crippen LogP contribution in [0.25, 0.3) is 0 Å². The fraction of sp³-hybridized carbons (Fsp3) is 0.500. The van der Waals surface area contributed by atoms with Crippen LogP contribution in [0, 0.1) is 0 Å². The Morgan fingerprint density at radius 2 is 2.00 bits per heavy atom. The van der Waals surface area contributed by atoms with Gasteiger partial charge in [-0.1, -0.05) is 0 Å². The second-order valence-corrected chi connectivity index (χ2v) is 3.98. The molecule has 0 aromatic heterocycles. The van der Waals surface area contributed by atoms with Crippen molar-refractivity contribution in [3.8, 4) is 11.5 Å². The lowest BCUT2D eigenvalue weighted by Gasteiger charge is -2.14. The number of rotatable bonds is 8. The Hall–Kier alpha value is -1.75. The van der Waals surface area contributed by atoms with E-state index in [0.717, 1.165) is 12.0 Å². The van der Waals surface area contributed by atoms with Gasteiger partial charge in [0.2, 0.25) is 0 Å². The molecule has 1 rings (SSSR count). The van der Waals surface area contributed by atoms with Gasteiger partial charge in [-0.3, -0.25) is 0 Å². The van der Waals surface area contributed by atoms with Crippen molar-refractivity contribution in [2.75, 3.05) is 27.4 Å². The minimum Gasteiger partial charge on any atom is -0.493 e. The molecule has 0 bridgehead atoms. The third kappa shape index (κ3) is 4.13. The maximum atomic E-state index is 11.1. The molecule has 0 unspecified atom stereocenters. The standard InChI is InChI=1S/C14H20O5/c1-4-19-7-5-6-10-8-11(14(15)16)9-12(17-2)13(10)18-3/h8-9H,4-7H2,1-3H3,(H,15,16). The van der Waals surface area contributed by atoms with E-state index in [1.807, 2.05) is 6.92 Å². The third-order valence-electron chi connectivity index (χ3n) is 2.74. The van der Waals surface area contributed by atoms with E-state index in [9.17, 15) is 4.79 Å². The zero-order valence-corrected chi connectivity index (χ0v) is 11.6. The Morgan fingerprint density at radius 1 is 1.26 bits per heavy atom. The van der Waals surface area contributed by atoms with E-state index in [0.29, 0.717) is 31.1 Å². The van der Waals surface area contributed by atoms with E-state index in [-0.39, 0.29) is 5.56 Å². The first kappa shape index (κ1) is 15.3. The monoisotopic (exact) mass is 268 g/mol. The Bertz CT molecular complexity index is 428. The lowest BCUT2D eigenvalue weighted by molar-refractivity contribution is 0.0696. The molecule has 0 spiro atoms. The first-order chi connectivity index (χ1) is 9.13. The van der Waals surface area contributed by atoms with Gasteiger partial charge in [0.15, 0.2) is 11.5 Å². The number of aromatic carboxylic acids is 1. The lowest BCUT2D eigenvalue weighted by atomic mass is 10.0. The first-order valence-electron chi connectivity index (χ1n) is 6.20. The fourth-order valence-electron chi connectivity index (χ4n) is 1.86. The van der Waals surface area contributed by atoms with Gasteiger partial charge in [0.1, 0.15) is 0 Å².